The van der Waals surface area contributed by atoms with Crippen molar-refractivity contribution in [2.75, 3.05) is 5.32 Å². The zero-order valence-corrected chi connectivity index (χ0v) is 15.2. The Hall–Kier alpha value is -3.40. The van der Waals surface area contributed by atoms with Gasteiger partial charge in [0.25, 0.3) is 5.91 Å². The molecule has 140 valence electrons. The third-order valence-electron chi connectivity index (χ3n) is 3.64. The lowest BCUT2D eigenvalue weighted by Gasteiger charge is -2.06. The number of amides is 1. The second kappa shape index (κ2) is 7.46. The highest BCUT2D eigenvalue weighted by Crippen LogP contribution is 2.23. The number of aryl methyl sites for hydroxylation is 2. The number of carbonyl (C=O) groups excluding carboxylic acids is 1. The molecular formula is C16H15ClN6O4. The Morgan fingerprint density at radius 3 is 2.93 bits per heavy atom. The molecular weight excluding hydrogens is 376 g/mol. The van der Waals surface area contributed by atoms with Crippen molar-refractivity contribution in [3.63, 3.8) is 0 Å². The van der Waals surface area contributed by atoms with Crippen LogP contribution in [0.15, 0.2) is 36.7 Å². The topological polar surface area (TPSA) is 117 Å². The summed E-state index contributed by atoms with van der Waals surface area (Å²) in [6.07, 6.45) is 2.95. The smallest absolute Gasteiger partial charge is 0.322 e. The van der Waals surface area contributed by atoms with Gasteiger partial charge in [0.05, 0.1) is 23.0 Å². The van der Waals surface area contributed by atoms with E-state index in [1.165, 1.54) is 35.7 Å². The second-order valence-electron chi connectivity index (χ2n) is 5.62. The highest BCUT2D eigenvalue weighted by atomic mass is 35.5. The number of hydrogen-bond donors (Lipinski definition) is 1. The SMILES string of the molecule is Cc1nn(C)c(C(=O)Nc2cnn(COc3cccc(Cl)c3)c2)c1[N+](=O)[O-]. The summed E-state index contributed by atoms with van der Waals surface area (Å²) in [5.74, 6) is -0.0790. The van der Waals surface area contributed by atoms with Crippen LogP contribution in [0.3, 0.4) is 0 Å². The lowest BCUT2D eigenvalue weighted by atomic mass is 10.3. The van der Waals surface area contributed by atoms with Gasteiger partial charge >= 0.3 is 5.69 Å². The van der Waals surface area contributed by atoms with E-state index in [1.807, 2.05) is 0 Å². The fourth-order valence-corrected chi connectivity index (χ4v) is 2.69. The molecule has 1 aromatic carbocycles. The number of nitrogens with one attached hydrogen (secondary N) is 1. The number of carbonyl (C=O) groups is 1. The van der Waals surface area contributed by atoms with Gasteiger partial charge in [-0.15, -0.1) is 0 Å². The summed E-state index contributed by atoms with van der Waals surface area (Å²) in [5.41, 5.74) is 0.0632. The van der Waals surface area contributed by atoms with Crippen molar-refractivity contribution in [1.82, 2.24) is 19.6 Å². The van der Waals surface area contributed by atoms with E-state index in [9.17, 15) is 14.9 Å². The van der Waals surface area contributed by atoms with Crippen LogP contribution in [0.1, 0.15) is 16.2 Å². The van der Waals surface area contributed by atoms with Gasteiger partial charge in [-0.3, -0.25) is 19.6 Å². The van der Waals surface area contributed by atoms with Crippen LogP contribution >= 0.6 is 11.6 Å². The minimum absolute atomic E-state index is 0.0984. The maximum atomic E-state index is 12.4. The number of nitro groups is 1. The molecule has 0 aliphatic carbocycles. The summed E-state index contributed by atoms with van der Waals surface area (Å²) in [4.78, 5) is 23.0. The van der Waals surface area contributed by atoms with E-state index in [2.05, 4.69) is 15.5 Å². The number of halogens is 1. The van der Waals surface area contributed by atoms with Gasteiger partial charge in [0.1, 0.15) is 11.4 Å². The summed E-state index contributed by atoms with van der Waals surface area (Å²) in [5, 5.41) is 22.3. The van der Waals surface area contributed by atoms with E-state index >= 15 is 0 Å². The summed E-state index contributed by atoms with van der Waals surface area (Å²) in [6.45, 7) is 1.57. The average molecular weight is 391 g/mol. The first-order chi connectivity index (χ1) is 12.8. The number of hydrogen-bond acceptors (Lipinski definition) is 6. The van der Waals surface area contributed by atoms with Gasteiger partial charge in [-0.2, -0.15) is 10.2 Å². The normalized spacial score (nSPS) is 10.6. The summed E-state index contributed by atoms with van der Waals surface area (Å²) in [7, 11) is 1.47. The van der Waals surface area contributed by atoms with E-state index in [1.54, 1.807) is 24.3 Å². The van der Waals surface area contributed by atoms with Gasteiger partial charge in [0.15, 0.2) is 6.73 Å². The standard InChI is InChI=1S/C16H15ClN6O4/c1-10-14(23(25)26)15(21(2)20-10)16(24)19-12-7-18-22(8-12)9-27-13-5-3-4-11(17)6-13/h3-8H,9H2,1-2H3,(H,19,24). The van der Waals surface area contributed by atoms with Gasteiger partial charge in [0.2, 0.25) is 5.69 Å². The number of aromatic nitrogens is 4. The van der Waals surface area contributed by atoms with Crippen LogP contribution in [0.4, 0.5) is 11.4 Å². The molecule has 27 heavy (non-hydrogen) atoms. The molecule has 0 bridgehead atoms. The number of nitrogens with zero attached hydrogens (tertiary/aromatic N) is 5. The van der Waals surface area contributed by atoms with E-state index in [0.717, 1.165) is 0 Å². The molecule has 1 amide bonds. The number of benzene rings is 1. The van der Waals surface area contributed by atoms with Crippen LogP contribution in [-0.4, -0.2) is 30.4 Å². The van der Waals surface area contributed by atoms with E-state index in [0.29, 0.717) is 16.5 Å². The van der Waals surface area contributed by atoms with Gasteiger partial charge in [0, 0.05) is 12.1 Å². The molecule has 1 N–H and O–H groups in total. The number of anilines is 1. The van der Waals surface area contributed by atoms with Crippen LogP contribution in [-0.2, 0) is 13.8 Å². The maximum absolute atomic E-state index is 12.4. The Morgan fingerprint density at radius 2 is 2.22 bits per heavy atom. The minimum atomic E-state index is -0.653. The lowest BCUT2D eigenvalue weighted by molar-refractivity contribution is -0.385. The van der Waals surface area contributed by atoms with Gasteiger partial charge in [-0.25, -0.2) is 4.68 Å². The first-order valence-corrected chi connectivity index (χ1v) is 8.13. The molecule has 2 heterocycles. The zero-order chi connectivity index (χ0) is 19.6. The van der Waals surface area contributed by atoms with Gasteiger partial charge in [-0.05, 0) is 25.1 Å². The predicted molar refractivity (Wildman–Crippen MR) is 96.9 cm³/mol. The molecule has 11 heteroatoms. The highest BCUT2D eigenvalue weighted by molar-refractivity contribution is 6.30. The number of ether oxygens (including phenoxy) is 1. The van der Waals surface area contributed by atoms with Crippen LogP contribution < -0.4 is 10.1 Å². The first-order valence-electron chi connectivity index (χ1n) is 7.75. The third kappa shape index (κ3) is 4.06. The van der Waals surface area contributed by atoms with Crippen molar-refractivity contribution in [2.45, 2.75) is 13.7 Å². The fourth-order valence-electron chi connectivity index (χ4n) is 2.51. The molecule has 0 saturated carbocycles. The van der Waals surface area contributed by atoms with Crippen molar-refractivity contribution in [2.24, 2.45) is 7.05 Å². The Morgan fingerprint density at radius 1 is 1.44 bits per heavy atom. The average Bonchev–Trinajstić information content (AvgIpc) is 3.16. The molecule has 0 saturated heterocycles. The molecule has 0 aliphatic rings. The molecule has 3 rings (SSSR count). The van der Waals surface area contributed by atoms with Crippen LogP contribution in [0, 0.1) is 17.0 Å². The van der Waals surface area contributed by atoms with E-state index < -0.39 is 10.8 Å². The monoisotopic (exact) mass is 390 g/mol. The van der Waals surface area contributed by atoms with Crippen molar-refractivity contribution in [3.8, 4) is 5.75 Å². The highest BCUT2D eigenvalue weighted by Gasteiger charge is 2.29. The van der Waals surface area contributed by atoms with Crippen LogP contribution in [0.2, 0.25) is 5.02 Å². The van der Waals surface area contributed by atoms with Crippen molar-refractivity contribution >= 4 is 28.9 Å². The summed E-state index contributed by atoms with van der Waals surface area (Å²) in [6, 6.07) is 6.91. The molecule has 0 aliphatic heterocycles. The molecule has 3 aromatic rings. The first kappa shape index (κ1) is 18.4. The van der Waals surface area contributed by atoms with Crippen LogP contribution in [0.5, 0.6) is 5.75 Å². The largest absolute Gasteiger partial charge is 0.471 e. The molecule has 0 fully saturated rings. The Labute approximate surface area is 158 Å². The molecule has 10 nitrogen and oxygen atoms in total. The fraction of sp³-hybridized carbons (Fsp3) is 0.188. The van der Waals surface area contributed by atoms with Crippen molar-refractivity contribution < 1.29 is 14.5 Å². The van der Waals surface area contributed by atoms with E-state index in [-0.39, 0.29) is 23.8 Å². The molecule has 0 atom stereocenters. The van der Waals surface area contributed by atoms with E-state index in [4.69, 9.17) is 16.3 Å². The maximum Gasteiger partial charge on any atom is 0.322 e. The van der Waals surface area contributed by atoms with Crippen molar-refractivity contribution in [1.29, 1.82) is 0 Å². The molecule has 0 unspecified atom stereocenters. The lowest BCUT2D eigenvalue weighted by Crippen LogP contribution is -2.17. The molecule has 0 radical (unpaired) electrons. The molecule has 0 spiro atoms. The minimum Gasteiger partial charge on any atom is -0.471 e. The van der Waals surface area contributed by atoms with Gasteiger partial charge in [-0.1, -0.05) is 17.7 Å². The van der Waals surface area contributed by atoms with Gasteiger partial charge < -0.3 is 10.1 Å². The Balaban J connectivity index is 1.69. The molecule has 2 aromatic heterocycles. The number of rotatable bonds is 6. The summed E-state index contributed by atoms with van der Waals surface area (Å²) >= 11 is 5.89. The second-order valence-corrected chi connectivity index (χ2v) is 6.05. The summed E-state index contributed by atoms with van der Waals surface area (Å²) < 4.78 is 8.18. The third-order valence-corrected chi connectivity index (χ3v) is 3.87. The quantitative estimate of drug-likeness (QED) is 0.510. The Kier molecular flexibility index (Phi) is 5.08. The van der Waals surface area contributed by atoms with Crippen molar-refractivity contribution in [3.05, 3.63) is 63.2 Å². The predicted octanol–water partition coefficient (Wildman–Crippen LogP) is 2.78. The van der Waals surface area contributed by atoms with Crippen LogP contribution in [0.25, 0.3) is 0 Å². The Bertz CT molecular complexity index is 1010. The zero-order valence-electron chi connectivity index (χ0n) is 14.4.